The lowest BCUT2D eigenvalue weighted by atomic mass is 10.1. The summed E-state index contributed by atoms with van der Waals surface area (Å²) in [4.78, 5) is 39.6. The van der Waals surface area contributed by atoms with Crippen LogP contribution in [0.5, 0.6) is 0 Å². The molecule has 0 aliphatic heterocycles. The number of rotatable bonds is 9. The zero-order valence-corrected chi connectivity index (χ0v) is 15.3. The molecule has 2 amide bonds. The van der Waals surface area contributed by atoms with Crippen LogP contribution in [0.4, 0.5) is 5.13 Å². The summed E-state index contributed by atoms with van der Waals surface area (Å²) in [7, 11) is 0. The Hall–Kier alpha value is -1.96. The average molecular weight is 355 g/mol. The number of carbonyl (C=O) groups excluding carboxylic acids is 3. The first-order valence-corrected chi connectivity index (χ1v) is 8.86. The van der Waals surface area contributed by atoms with Crippen molar-refractivity contribution >= 4 is 34.3 Å². The number of thiazole rings is 1. The number of hydrogen-bond acceptors (Lipinski definition) is 6. The number of anilines is 1. The molecule has 0 fully saturated rings. The van der Waals surface area contributed by atoms with Gasteiger partial charge in [-0.2, -0.15) is 0 Å². The molecule has 0 saturated carbocycles. The third-order valence-electron chi connectivity index (χ3n) is 3.02. The fraction of sp³-hybridized carbons (Fsp3) is 0.625. The van der Waals surface area contributed by atoms with Crippen LogP contribution in [-0.2, 0) is 19.1 Å². The highest BCUT2D eigenvalue weighted by Gasteiger charge is 2.26. The Bertz CT molecular complexity index is 544. The van der Waals surface area contributed by atoms with E-state index in [1.165, 1.54) is 11.3 Å². The largest absolute Gasteiger partial charge is 0.452 e. The van der Waals surface area contributed by atoms with Crippen LogP contribution in [0, 0.1) is 5.92 Å². The predicted molar refractivity (Wildman–Crippen MR) is 92.6 cm³/mol. The Morgan fingerprint density at radius 3 is 2.46 bits per heavy atom. The quantitative estimate of drug-likeness (QED) is 0.663. The first kappa shape index (κ1) is 20.1. The lowest BCUT2D eigenvalue weighted by Crippen LogP contribution is -2.43. The van der Waals surface area contributed by atoms with Crippen molar-refractivity contribution in [2.75, 3.05) is 5.32 Å². The van der Waals surface area contributed by atoms with Crippen LogP contribution >= 0.6 is 11.3 Å². The maximum atomic E-state index is 12.0. The van der Waals surface area contributed by atoms with E-state index in [4.69, 9.17) is 4.74 Å². The van der Waals surface area contributed by atoms with Crippen molar-refractivity contribution in [2.45, 2.75) is 59.1 Å². The van der Waals surface area contributed by atoms with Gasteiger partial charge in [0.25, 0.3) is 5.91 Å². The van der Waals surface area contributed by atoms with Crippen molar-refractivity contribution in [1.82, 2.24) is 10.3 Å². The fourth-order valence-corrected chi connectivity index (χ4v) is 2.46. The number of nitrogens with one attached hydrogen (secondary N) is 2. The van der Waals surface area contributed by atoms with Crippen LogP contribution in [0.2, 0.25) is 0 Å². The molecule has 0 aromatic carbocycles. The Kier molecular flexibility index (Phi) is 8.39. The zero-order valence-electron chi connectivity index (χ0n) is 14.5. The van der Waals surface area contributed by atoms with Gasteiger partial charge >= 0.3 is 5.97 Å². The summed E-state index contributed by atoms with van der Waals surface area (Å²) in [6.45, 7) is 7.33. The highest BCUT2D eigenvalue weighted by molar-refractivity contribution is 7.13. The van der Waals surface area contributed by atoms with E-state index in [1.54, 1.807) is 11.6 Å². The summed E-state index contributed by atoms with van der Waals surface area (Å²) < 4.78 is 5.27. The second-order valence-electron chi connectivity index (χ2n) is 6.06. The van der Waals surface area contributed by atoms with Crippen molar-refractivity contribution in [3.8, 4) is 0 Å². The average Bonchev–Trinajstić information content (AvgIpc) is 2.96. The Balaban J connectivity index is 2.35. The standard InChI is InChI=1S/C16H25N3O4S/c1-10(2)14(15(22)18-11(3)4)23-13(21)7-5-6-12(20)19-16-17-8-9-24-16/h8-11,14H,5-7H2,1-4H3,(H,18,22)(H,17,19,20). The molecule has 1 rings (SSSR count). The molecule has 0 aliphatic carbocycles. The van der Waals surface area contributed by atoms with Crippen LogP contribution in [-0.4, -0.2) is 34.9 Å². The molecule has 0 bridgehead atoms. The van der Waals surface area contributed by atoms with Crippen LogP contribution in [0.3, 0.4) is 0 Å². The van der Waals surface area contributed by atoms with Gasteiger partial charge in [0.1, 0.15) is 0 Å². The third kappa shape index (κ3) is 7.54. The molecule has 0 saturated heterocycles. The van der Waals surface area contributed by atoms with Crippen LogP contribution in [0.15, 0.2) is 11.6 Å². The molecule has 7 nitrogen and oxygen atoms in total. The van der Waals surface area contributed by atoms with Crippen LogP contribution in [0.1, 0.15) is 47.0 Å². The number of amides is 2. The first-order valence-electron chi connectivity index (χ1n) is 7.98. The fourth-order valence-electron chi connectivity index (χ4n) is 1.92. The van der Waals surface area contributed by atoms with Gasteiger partial charge in [0.05, 0.1) is 0 Å². The zero-order chi connectivity index (χ0) is 18.1. The number of ether oxygens (including phenoxy) is 1. The lowest BCUT2D eigenvalue weighted by molar-refractivity contribution is -0.159. The maximum absolute atomic E-state index is 12.0. The number of carbonyl (C=O) groups is 3. The topological polar surface area (TPSA) is 97.4 Å². The van der Waals surface area contributed by atoms with E-state index in [0.29, 0.717) is 11.6 Å². The number of hydrogen-bond donors (Lipinski definition) is 2. The minimum absolute atomic E-state index is 0.0213. The van der Waals surface area contributed by atoms with Crippen LogP contribution in [0.25, 0.3) is 0 Å². The van der Waals surface area contributed by atoms with Gasteiger partial charge in [-0.1, -0.05) is 13.8 Å². The van der Waals surface area contributed by atoms with Crippen molar-refractivity contribution < 1.29 is 19.1 Å². The van der Waals surface area contributed by atoms with E-state index >= 15 is 0 Å². The number of nitrogens with zero attached hydrogens (tertiary/aromatic N) is 1. The minimum atomic E-state index is -0.816. The molecule has 134 valence electrons. The molecular weight excluding hydrogens is 330 g/mol. The highest BCUT2D eigenvalue weighted by Crippen LogP contribution is 2.12. The molecule has 8 heteroatoms. The van der Waals surface area contributed by atoms with E-state index in [-0.39, 0.29) is 36.6 Å². The summed E-state index contributed by atoms with van der Waals surface area (Å²) in [6.07, 6.45) is 1.42. The first-order chi connectivity index (χ1) is 11.3. The molecule has 1 unspecified atom stereocenters. The smallest absolute Gasteiger partial charge is 0.306 e. The van der Waals surface area contributed by atoms with E-state index in [0.717, 1.165) is 0 Å². The third-order valence-corrected chi connectivity index (χ3v) is 3.71. The van der Waals surface area contributed by atoms with Gasteiger partial charge in [-0.25, -0.2) is 4.98 Å². The molecule has 1 atom stereocenters. The molecule has 1 aromatic heterocycles. The molecule has 2 N–H and O–H groups in total. The normalized spacial score (nSPS) is 12.1. The number of aromatic nitrogens is 1. The van der Waals surface area contributed by atoms with Gasteiger partial charge in [-0.3, -0.25) is 14.4 Å². The van der Waals surface area contributed by atoms with E-state index in [1.807, 2.05) is 27.7 Å². The van der Waals surface area contributed by atoms with Crippen LogP contribution < -0.4 is 10.6 Å². The summed E-state index contributed by atoms with van der Waals surface area (Å²) in [5.74, 6) is -1.10. The summed E-state index contributed by atoms with van der Waals surface area (Å²) in [5.41, 5.74) is 0. The van der Waals surface area contributed by atoms with E-state index in [2.05, 4.69) is 15.6 Å². The molecule has 0 spiro atoms. The molecule has 0 aliphatic rings. The maximum Gasteiger partial charge on any atom is 0.306 e. The van der Waals surface area contributed by atoms with Crippen molar-refractivity contribution in [2.24, 2.45) is 5.92 Å². The highest BCUT2D eigenvalue weighted by atomic mass is 32.1. The van der Waals surface area contributed by atoms with Gasteiger partial charge in [-0.15, -0.1) is 11.3 Å². The van der Waals surface area contributed by atoms with Crippen molar-refractivity contribution in [1.29, 1.82) is 0 Å². The second kappa shape index (κ2) is 10.0. The monoisotopic (exact) mass is 355 g/mol. The van der Waals surface area contributed by atoms with Gasteiger partial charge < -0.3 is 15.4 Å². The van der Waals surface area contributed by atoms with E-state index < -0.39 is 12.1 Å². The summed E-state index contributed by atoms with van der Waals surface area (Å²) in [5, 5.41) is 7.69. The van der Waals surface area contributed by atoms with Gasteiger partial charge in [0.15, 0.2) is 11.2 Å². The minimum Gasteiger partial charge on any atom is -0.452 e. The van der Waals surface area contributed by atoms with Gasteiger partial charge in [0, 0.05) is 30.5 Å². The van der Waals surface area contributed by atoms with Crippen molar-refractivity contribution in [3.05, 3.63) is 11.6 Å². The molecule has 1 heterocycles. The summed E-state index contributed by atoms with van der Waals surface area (Å²) in [6, 6.07) is -0.0213. The van der Waals surface area contributed by atoms with Gasteiger partial charge in [-0.05, 0) is 26.2 Å². The lowest BCUT2D eigenvalue weighted by Gasteiger charge is -2.22. The number of esters is 1. The molecule has 0 radical (unpaired) electrons. The summed E-state index contributed by atoms with van der Waals surface area (Å²) >= 11 is 1.33. The molecular formula is C16H25N3O4S. The Morgan fingerprint density at radius 1 is 1.21 bits per heavy atom. The van der Waals surface area contributed by atoms with Gasteiger partial charge in [0.2, 0.25) is 5.91 Å². The second-order valence-corrected chi connectivity index (χ2v) is 6.95. The Morgan fingerprint density at radius 2 is 1.92 bits per heavy atom. The predicted octanol–water partition coefficient (Wildman–Crippen LogP) is 2.34. The SMILES string of the molecule is CC(C)NC(=O)C(OC(=O)CCCC(=O)Nc1nccs1)C(C)C. The Labute approximate surface area is 146 Å². The molecule has 24 heavy (non-hydrogen) atoms. The van der Waals surface area contributed by atoms with E-state index in [9.17, 15) is 14.4 Å². The van der Waals surface area contributed by atoms with Crippen molar-refractivity contribution in [3.63, 3.8) is 0 Å². The molecule has 1 aromatic rings.